The fraction of sp³-hybridized carbons (Fsp3) is 0.450. The van der Waals surface area contributed by atoms with E-state index in [1.165, 1.54) is 16.7 Å². The van der Waals surface area contributed by atoms with Gasteiger partial charge in [0.2, 0.25) is 0 Å². The molecule has 0 saturated heterocycles. The number of pyridine rings is 1. The quantitative estimate of drug-likeness (QED) is 0.711. The minimum absolute atomic E-state index is 0.0672. The SMILES string of the molecule is Cc1ccc(C(C)C(C)(C)c2ccc(C(C)C)nc2)cc1. The molecule has 0 fully saturated rings. The molecular weight excluding hydrogens is 254 g/mol. The molecule has 21 heavy (non-hydrogen) atoms. The van der Waals surface area contributed by atoms with E-state index in [2.05, 4.69) is 89.1 Å². The highest BCUT2D eigenvalue weighted by Crippen LogP contribution is 2.38. The lowest BCUT2D eigenvalue weighted by atomic mass is 9.71. The van der Waals surface area contributed by atoms with Gasteiger partial charge in [-0.1, -0.05) is 70.5 Å². The topological polar surface area (TPSA) is 12.9 Å². The lowest BCUT2D eigenvalue weighted by Crippen LogP contribution is -2.25. The van der Waals surface area contributed by atoms with Gasteiger partial charge in [0.15, 0.2) is 0 Å². The third-order valence-corrected chi connectivity index (χ3v) is 4.78. The van der Waals surface area contributed by atoms with Gasteiger partial charge in [0, 0.05) is 11.9 Å². The summed E-state index contributed by atoms with van der Waals surface area (Å²) in [5.41, 5.74) is 5.24. The second-order valence-corrected chi connectivity index (χ2v) is 6.98. The molecule has 0 radical (unpaired) electrons. The van der Waals surface area contributed by atoms with Gasteiger partial charge in [0.25, 0.3) is 0 Å². The van der Waals surface area contributed by atoms with Gasteiger partial charge in [-0.25, -0.2) is 0 Å². The van der Waals surface area contributed by atoms with Crippen molar-refractivity contribution in [2.24, 2.45) is 0 Å². The Morgan fingerprint density at radius 2 is 1.52 bits per heavy atom. The Morgan fingerprint density at radius 1 is 0.905 bits per heavy atom. The molecule has 1 heterocycles. The largest absolute Gasteiger partial charge is 0.261 e. The van der Waals surface area contributed by atoms with Crippen LogP contribution in [0, 0.1) is 6.92 Å². The Kier molecular flexibility index (Phi) is 4.51. The highest BCUT2D eigenvalue weighted by atomic mass is 14.7. The summed E-state index contributed by atoms with van der Waals surface area (Å²) in [6.07, 6.45) is 2.06. The lowest BCUT2D eigenvalue weighted by molar-refractivity contribution is 0.434. The Morgan fingerprint density at radius 3 is 2.00 bits per heavy atom. The molecule has 112 valence electrons. The molecule has 2 aromatic rings. The first kappa shape index (κ1) is 15.8. The standard InChI is InChI=1S/C20H27N/c1-14(2)19-12-11-18(13-21-19)20(5,6)16(4)17-9-7-15(3)8-10-17/h7-14,16H,1-6H3. The Balaban J connectivity index is 2.29. The van der Waals surface area contributed by atoms with Crippen LogP contribution in [-0.2, 0) is 5.41 Å². The highest BCUT2D eigenvalue weighted by molar-refractivity contribution is 5.32. The third-order valence-electron chi connectivity index (χ3n) is 4.78. The van der Waals surface area contributed by atoms with Crippen LogP contribution >= 0.6 is 0 Å². The molecule has 1 heteroatoms. The van der Waals surface area contributed by atoms with Crippen LogP contribution in [-0.4, -0.2) is 4.98 Å². The molecule has 1 atom stereocenters. The molecule has 2 rings (SSSR count). The molecule has 0 aliphatic heterocycles. The van der Waals surface area contributed by atoms with Crippen molar-refractivity contribution in [1.29, 1.82) is 0 Å². The average Bonchev–Trinajstić information content (AvgIpc) is 2.47. The third kappa shape index (κ3) is 3.34. The first-order valence-corrected chi connectivity index (χ1v) is 7.85. The fourth-order valence-electron chi connectivity index (χ4n) is 2.65. The van der Waals surface area contributed by atoms with Crippen LogP contribution in [0.2, 0.25) is 0 Å². The zero-order valence-corrected chi connectivity index (χ0v) is 14.1. The summed E-state index contributed by atoms with van der Waals surface area (Å²) in [6, 6.07) is 13.3. The monoisotopic (exact) mass is 281 g/mol. The van der Waals surface area contributed by atoms with Gasteiger partial charge < -0.3 is 0 Å². The number of hydrogen-bond donors (Lipinski definition) is 0. The first-order chi connectivity index (χ1) is 9.82. The molecule has 0 aliphatic rings. The van der Waals surface area contributed by atoms with Crippen molar-refractivity contribution in [3.05, 3.63) is 65.0 Å². The first-order valence-electron chi connectivity index (χ1n) is 7.85. The summed E-state index contributed by atoms with van der Waals surface area (Å²) in [5.74, 6) is 0.932. The van der Waals surface area contributed by atoms with Gasteiger partial charge in [-0.05, 0) is 41.4 Å². The predicted octanol–water partition coefficient (Wildman–Crippen LogP) is 5.59. The van der Waals surface area contributed by atoms with E-state index in [0.717, 1.165) is 5.69 Å². The van der Waals surface area contributed by atoms with Crippen molar-refractivity contribution in [1.82, 2.24) is 4.98 Å². The van der Waals surface area contributed by atoms with E-state index < -0.39 is 0 Å². The molecule has 0 saturated carbocycles. The predicted molar refractivity (Wildman–Crippen MR) is 90.9 cm³/mol. The number of rotatable bonds is 4. The minimum atomic E-state index is 0.0672. The van der Waals surface area contributed by atoms with E-state index in [-0.39, 0.29) is 5.41 Å². The summed E-state index contributed by atoms with van der Waals surface area (Å²) in [6.45, 7) is 13.4. The number of nitrogens with zero attached hydrogens (tertiary/aromatic N) is 1. The molecule has 1 unspecified atom stereocenters. The van der Waals surface area contributed by atoms with Gasteiger partial charge in [-0.2, -0.15) is 0 Å². The zero-order chi connectivity index (χ0) is 15.6. The van der Waals surface area contributed by atoms with E-state index in [1.807, 2.05) is 0 Å². The number of hydrogen-bond acceptors (Lipinski definition) is 1. The lowest BCUT2D eigenvalue weighted by Gasteiger charge is -2.33. The summed E-state index contributed by atoms with van der Waals surface area (Å²) in [4.78, 5) is 4.63. The van der Waals surface area contributed by atoms with Crippen molar-refractivity contribution in [2.75, 3.05) is 0 Å². The molecular formula is C20H27N. The van der Waals surface area contributed by atoms with Crippen LogP contribution in [0.3, 0.4) is 0 Å². The maximum absolute atomic E-state index is 4.63. The molecule has 1 aromatic heterocycles. The van der Waals surface area contributed by atoms with Gasteiger partial charge in [0.05, 0.1) is 0 Å². The normalized spacial score (nSPS) is 13.5. The van der Waals surface area contributed by atoms with Crippen LogP contribution in [0.25, 0.3) is 0 Å². The highest BCUT2D eigenvalue weighted by Gasteiger charge is 2.29. The Labute approximate surface area is 129 Å². The number of aryl methyl sites for hydroxylation is 1. The van der Waals surface area contributed by atoms with Crippen LogP contribution < -0.4 is 0 Å². The molecule has 0 amide bonds. The summed E-state index contributed by atoms with van der Waals surface area (Å²) < 4.78 is 0. The van der Waals surface area contributed by atoms with E-state index in [4.69, 9.17) is 0 Å². The van der Waals surface area contributed by atoms with E-state index >= 15 is 0 Å². The second kappa shape index (κ2) is 6.01. The maximum Gasteiger partial charge on any atom is 0.0429 e. The summed E-state index contributed by atoms with van der Waals surface area (Å²) >= 11 is 0. The second-order valence-electron chi connectivity index (χ2n) is 6.98. The van der Waals surface area contributed by atoms with Crippen molar-refractivity contribution in [2.45, 2.75) is 58.8 Å². The van der Waals surface area contributed by atoms with Crippen LogP contribution in [0.4, 0.5) is 0 Å². The Bertz CT molecular complexity index is 576. The maximum atomic E-state index is 4.63. The average molecular weight is 281 g/mol. The van der Waals surface area contributed by atoms with E-state index in [0.29, 0.717) is 11.8 Å². The zero-order valence-electron chi connectivity index (χ0n) is 14.1. The van der Waals surface area contributed by atoms with Crippen molar-refractivity contribution in [3.8, 4) is 0 Å². The van der Waals surface area contributed by atoms with E-state index in [1.54, 1.807) is 0 Å². The molecule has 0 spiro atoms. The minimum Gasteiger partial charge on any atom is -0.261 e. The van der Waals surface area contributed by atoms with Crippen LogP contribution in [0.5, 0.6) is 0 Å². The fourth-order valence-corrected chi connectivity index (χ4v) is 2.65. The number of aromatic nitrogens is 1. The molecule has 0 N–H and O–H groups in total. The molecule has 0 aliphatic carbocycles. The van der Waals surface area contributed by atoms with E-state index in [9.17, 15) is 0 Å². The van der Waals surface area contributed by atoms with Crippen LogP contribution in [0.1, 0.15) is 68.8 Å². The molecule has 1 nitrogen and oxygen atoms in total. The summed E-state index contributed by atoms with van der Waals surface area (Å²) in [7, 11) is 0. The van der Waals surface area contributed by atoms with Gasteiger partial charge in [-0.15, -0.1) is 0 Å². The summed E-state index contributed by atoms with van der Waals surface area (Å²) in [5, 5.41) is 0. The van der Waals surface area contributed by atoms with Gasteiger partial charge in [-0.3, -0.25) is 4.98 Å². The smallest absolute Gasteiger partial charge is 0.0429 e. The van der Waals surface area contributed by atoms with Crippen molar-refractivity contribution >= 4 is 0 Å². The van der Waals surface area contributed by atoms with Crippen LogP contribution in [0.15, 0.2) is 42.6 Å². The number of benzene rings is 1. The Hall–Kier alpha value is -1.63. The van der Waals surface area contributed by atoms with Crippen molar-refractivity contribution < 1.29 is 0 Å². The molecule has 1 aromatic carbocycles. The molecule has 0 bridgehead atoms. The van der Waals surface area contributed by atoms with Gasteiger partial charge in [0.1, 0.15) is 0 Å². The van der Waals surface area contributed by atoms with Gasteiger partial charge >= 0.3 is 0 Å². The van der Waals surface area contributed by atoms with Crippen molar-refractivity contribution in [3.63, 3.8) is 0 Å².